The molecule has 0 radical (unpaired) electrons. The lowest BCUT2D eigenvalue weighted by Crippen LogP contribution is -2.48. The third-order valence-corrected chi connectivity index (χ3v) is 6.89. The fourth-order valence-corrected chi connectivity index (χ4v) is 4.30. The zero-order chi connectivity index (χ0) is 23.5. The molecular weight excluding hydrogens is 409 g/mol. The fraction of sp³-hybridized carbons (Fsp3) is 0.696. The molecule has 0 spiro atoms. The van der Waals surface area contributed by atoms with Gasteiger partial charge in [-0.2, -0.15) is 0 Å². The molecule has 0 N–H and O–H groups in total. The molecule has 0 bridgehead atoms. The van der Waals surface area contributed by atoms with Crippen molar-refractivity contribution in [3.63, 3.8) is 0 Å². The highest BCUT2D eigenvalue weighted by Crippen LogP contribution is 2.37. The first-order chi connectivity index (χ1) is 14.8. The number of aromatic nitrogens is 1. The van der Waals surface area contributed by atoms with Crippen molar-refractivity contribution in [2.24, 2.45) is 0 Å². The summed E-state index contributed by atoms with van der Waals surface area (Å²) in [6.45, 7) is 15.3. The molecule has 4 heterocycles. The Labute approximate surface area is 190 Å². The number of piperidine rings is 1. The molecule has 3 aliphatic heterocycles. The van der Waals surface area contributed by atoms with E-state index in [9.17, 15) is 9.59 Å². The first kappa shape index (κ1) is 23.0. The van der Waals surface area contributed by atoms with Crippen molar-refractivity contribution in [1.29, 1.82) is 0 Å². The normalized spacial score (nSPS) is 23.0. The van der Waals surface area contributed by atoms with Gasteiger partial charge >= 0.3 is 13.2 Å². The minimum absolute atomic E-state index is 0.0124. The minimum Gasteiger partial charge on any atom is -0.444 e. The summed E-state index contributed by atoms with van der Waals surface area (Å²) in [5.41, 5.74) is 0.749. The first-order valence-corrected chi connectivity index (χ1v) is 11.4. The van der Waals surface area contributed by atoms with Crippen molar-refractivity contribution in [3.8, 4) is 0 Å². The van der Waals surface area contributed by atoms with Crippen LogP contribution >= 0.6 is 0 Å². The molecule has 8 nitrogen and oxygen atoms in total. The second-order valence-electron chi connectivity index (χ2n) is 11.0. The number of rotatable bonds is 2. The van der Waals surface area contributed by atoms with E-state index in [-0.39, 0.29) is 18.0 Å². The topological polar surface area (TPSA) is 81.2 Å². The van der Waals surface area contributed by atoms with E-state index >= 15 is 0 Å². The minimum atomic E-state index is -0.545. The van der Waals surface area contributed by atoms with Crippen LogP contribution in [0.1, 0.15) is 77.4 Å². The lowest BCUT2D eigenvalue weighted by Gasteiger charge is -2.37. The van der Waals surface area contributed by atoms with Gasteiger partial charge in [-0.05, 0) is 67.4 Å². The van der Waals surface area contributed by atoms with Crippen molar-refractivity contribution >= 4 is 24.6 Å². The smallest absolute Gasteiger partial charge is 0.444 e. The van der Waals surface area contributed by atoms with E-state index in [0.29, 0.717) is 25.2 Å². The molecule has 2 fully saturated rings. The molecule has 1 aromatic heterocycles. The molecule has 4 rings (SSSR count). The zero-order valence-corrected chi connectivity index (χ0v) is 20.2. The summed E-state index contributed by atoms with van der Waals surface area (Å²) in [4.78, 5) is 33.7. The van der Waals surface area contributed by atoms with Gasteiger partial charge in [0.2, 0.25) is 0 Å². The fourth-order valence-electron chi connectivity index (χ4n) is 4.30. The summed E-state index contributed by atoms with van der Waals surface area (Å²) >= 11 is 0. The molecule has 3 aliphatic rings. The number of ether oxygens (including phenoxy) is 1. The molecule has 0 atom stereocenters. The van der Waals surface area contributed by atoms with E-state index in [4.69, 9.17) is 14.0 Å². The number of nitrogens with zero attached hydrogens (tertiary/aromatic N) is 3. The Bertz CT molecular complexity index is 903. The monoisotopic (exact) mass is 443 g/mol. The summed E-state index contributed by atoms with van der Waals surface area (Å²) in [5.74, 6) is -0.0124. The predicted octanol–water partition coefficient (Wildman–Crippen LogP) is 2.74. The standard InChI is InChI=1S/C23H34BN3O5/c1-21(2,3)30-20(29)26-10-8-16(9-11-26)27-14-18-17(19(27)28)12-15(13-25-18)24-31-22(4,5)23(6,7)32-24/h12-13,16H,8-11,14H2,1-7H3. The van der Waals surface area contributed by atoms with Crippen LogP contribution in [0.3, 0.4) is 0 Å². The summed E-state index contributed by atoms with van der Waals surface area (Å²) in [5, 5.41) is 0. The third-order valence-electron chi connectivity index (χ3n) is 6.89. The number of likely N-dealkylation sites (tertiary alicyclic amines) is 1. The number of pyridine rings is 1. The molecule has 2 saturated heterocycles. The third kappa shape index (κ3) is 4.24. The van der Waals surface area contributed by atoms with Crippen molar-refractivity contribution in [1.82, 2.24) is 14.8 Å². The van der Waals surface area contributed by atoms with Gasteiger partial charge in [-0.1, -0.05) is 0 Å². The number of hydrogen-bond acceptors (Lipinski definition) is 6. The quantitative estimate of drug-likeness (QED) is 0.654. The molecule has 9 heteroatoms. The number of fused-ring (bicyclic) bond motifs is 1. The van der Waals surface area contributed by atoms with Gasteiger partial charge in [0.05, 0.1) is 29.0 Å². The Morgan fingerprint density at radius 1 is 1.16 bits per heavy atom. The lowest BCUT2D eigenvalue weighted by atomic mass is 9.79. The predicted molar refractivity (Wildman–Crippen MR) is 121 cm³/mol. The van der Waals surface area contributed by atoms with Crippen LogP contribution in [0.4, 0.5) is 4.79 Å². The molecule has 2 amide bonds. The van der Waals surface area contributed by atoms with E-state index in [2.05, 4.69) is 4.98 Å². The molecular formula is C23H34BN3O5. The van der Waals surface area contributed by atoms with Gasteiger partial charge in [-0.15, -0.1) is 0 Å². The average molecular weight is 443 g/mol. The van der Waals surface area contributed by atoms with Crippen LogP contribution in [0.15, 0.2) is 12.3 Å². The Morgan fingerprint density at radius 3 is 2.31 bits per heavy atom. The molecule has 174 valence electrons. The number of carbonyl (C=O) groups is 2. The number of hydrogen-bond donors (Lipinski definition) is 0. The second kappa shape index (κ2) is 7.73. The van der Waals surface area contributed by atoms with Crippen LogP contribution in [0, 0.1) is 0 Å². The first-order valence-electron chi connectivity index (χ1n) is 11.4. The van der Waals surface area contributed by atoms with Gasteiger partial charge in [-0.3, -0.25) is 9.78 Å². The summed E-state index contributed by atoms with van der Waals surface area (Å²) < 4.78 is 17.7. The highest BCUT2D eigenvalue weighted by Gasteiger charge is 2.52. The Hall–Kier alpha value is -2.13. The average Bonchev–Trinajstić information content (AvgIpc) is 3.13. The van der Waals surface area contributed by atoms with Crippen LogP contribution in [-0.2, 0) is 20.6 Å². The summed E-state index contributed by atoms with van der Waals surface area (Å²) in [7, 11) is -0.545. The zero-order valence-electron chi connectivity index (χ0n) is 20.2. The Balaban J connectivity index is 1.41. The van der Waals surface area contributed by atoms with Crippen LogP contribution < -0.4 is 5.46 Å². The van der Waals surface area contributed by atoms with Gasteiger partial charge in [0.15, 0.2) is 0 Å². The Morgan fingerprint density at radius 2 is 1.75 bits per heavy atom. The van der Waals surface area contributed by atoms with Crippen molar-refractivity contribution in [3.05, 3.63) is 23.5 Å². The maximum atomic E-state index is 13.2. The SMILES string of the molecule is CC(C)(C)OC(=O)N1CCC(N2Cc3ncc(B4OC(C)(C)C(C)(C)O4)cc3C2=O)CC1. The maximum Gasteiger partial charge on any atom is 0.496 e. The van der Waals surface area contributed by atoms with E-state index in [1.807, 2.05) is 59.4 Å². The number of amides is 2. The molecule has 1 aromatic rings. The number of carbonyl (C=O) groups excluding carboxylic acids is 2. The Kier molecular flexibility index (Phi) is 5.57. The van der Waals surface area contributed by atoms with Crippen molar-refractivity contribution in [2.45, 2.75) is 90.7 Å². The van der Waals surface area contributed by atoms with E-state index < -0.39 is 23.9 Å². The van der Waals surface area contributed by atoms with Gasteiger partial charge in [0.25, 0.3) is 5.91 Å². The van der Waals surface area contributed by atoms with Gasteiger partial charge in [-0.25, -0.2) is 4.79 Å². The highest BCUT2D eigenvalue weighted by atomic mass is 16.7. The van der Waals surface area contributed by atoms with E-state index in [1.165, 1.54) is 0 Å². The molecule has 0 aliphatic carbocycles. The van der Waals surface area contributed by atoms with Crippen molar-refractivity contribution < 1.29 is 23.6 Å². The van der Waals surface area contributed by atoms with E-state index in [0.717, 1.165) is 24.0 Å². The van der Waals surface area contributed by atoms with Gasteiger partial charge in [0, 0.05) is 30.8 Å². The highest BCUT2D eigenvalue weighted by molar-refractivity contribution is 6.62. The summed E-state index contributed by atoms with van der Waals surface area (Å²) in [6, 6.07) is 1.94. The molecule has 0 aromatic carbocycles. The largest absolute Gasteiger partial charge is 0.496 e. The molecule has 0 unspecified atom stereocenters. The van der Waals surface area contributed by atoms with Crippen LogP contribution in [0.5, 0.6) is 0 Å². The molecule has 32 heavy (non-hydrogen) atoms. The van der Waals surface area contributed by atoms with Gasteiger partial charge < -0.3 is 23.8 Å². The van der Waals surface area contributed by atoms with Gasteiger partial charge in [0.1, 0.15) is 5.60 Å². The summed E-state index contributed by atoms with van der Waals surface area (Å²) in [6.07, 6.45) is 2.91. The van der Waals surface area contributed by atoms with E-state index in [1.54, 1.807) is 11.1 Å². The molecule has 0 saturated carbocycles. The maximum absolute atomic E-state index is 13.2. The van der Waals surface area contributed by atoms with Crippen LogP contribution in [0.2, 0.25) is 0 Å². The van der Waals surface area contributed by atoms with Crippen LogP contribution in [-0.4, -0.2) is 69.8 Å². The van der Waals surface area contributed by atoms with Crippen molar-refractivity contribution in [2.75, 3.05) is 13.1 Å². The van der Waals surface area contributed by atoms with Crippen LogP contribution in [0.25, 0.3) is 0 Å². The second-order valence-corrected chi connectivity index (χ2v) is 11.0. The lowest BCUT2D eigenvalue weighted by molar-refractivity contribution is 0.00578.